The topological polar surface area (TPSA) is 98.0 Å². The molecule has 5 nitrogen and oxygen atoms in total. The second-order valence-electron chi connectivity index (χ2n) is 3.74. The normalized spacial score (nSPS) is 19.3. The first-order valence-corrected chi connectivity index (χ1v) is 5.16. The summed E-state index contributed by atoms with van der Waals surface area (Å²) in [6, 6.07) is 0. The first-order valence-electron chi connectivity index (χ1n) is 5.16. The number of hydrogen-bond acceptors (Lipinski definition) is 5. The van der Waals surface area contributed by atoms with Crippen LogP contribution in [0.5, 0.6) is 0 Å². The monoisotopic (exact) mass is 220 g/mol. The Balaban J connectivity index is 4.18. The van der Waals surface area contributed by atoms with E-state index in [1.54, 1.807) is 0 Å². The Morgan fingerprint density at radius 2 is 1.67 bits per heavy atom. The highest BCUT2D eigenvalue weighted by atomic mass is 16.4. The Bertz CT molecular complexity index is 192. The Morgan fingerprint density at radius 3 is 2.07 bits per heavy atom. The Morgan fingerprint density at radius 1 is 1.13 bits per heavy atom. The fourth-order valence-electron chi connectivity index (χ4n) is 1.16. The van der Waals surface area contributed by atoms with E-state index in [0.29, 0.717) is 6.42 Å². The van der Waals surface area contributed by atoms with Crippen LogP contribution in [0, 0.1) is 0 Å². The molecule has 0 spiro atoms. The highest BCUT2D eigenvalue weighted by Crippen LogP contribution is 2.08. The molecule has 0 aliphatic heterocycles. The minimum Gasteiger partial charge on any atom is -0.391 e. The third-order valence-electron chi connectivity index (χ3n) is 2.27. The second kappa shape index (κ2) is 6.90. The van der Waals surface area contributed by atoms with Crippen LogP contribution >= 0.6 is 0 Å². The van der Waals surface area contributed by atoms with Crippen LogP contribution in [-0.4, -0.2) is 50.6 Å². The standard InChI is InChI=1S/C10H20O5/c1-3-4-5-7(12)9(14)10(15)8(13)6(2)11/h6,8-11,13-15H,3-5H2,1-2H3/t6-,8-,9-,10+/m0/s1. The van der Waals surface area contributed by atoms with Crippen molar-refractivity contribution in [3.8, 4) is 0 Å². The lowest BCUT2D eigenvalue weighted by molar-refractivity contribution is -0.143. The molecular formula is C10H20O5. The number of Topliss-reactive ketones (excluding diaryl/α,β-unsaturated/α-hetero) is 1. The second-order valence-corrected chi connectivity index (χ2v) is 3.74. The van der Waals surface area contributed by atoms with E-state index in [1.807, 2.05) is 6.92 Å². The maximum atomic E-state index is 11.3. The highest BCUT2D eigenvalue weighted by molar-refractivity contribution is 5.83. The van der Waals surface area contributed by atoms with Gasteiger partial charge in [-0.3, -0.25) is 4.79 Å². The molecule has 15 heavy (non-hydrogen) atoms. The van der Waals surface area contributed by atoms with Crippen molar-refractivity contribution < 1.29 is 25.2 Å². The number of hydrogen-bond donors (Lipinski definition) is 4. The summed E-state index contributed by atoms with van der Waals surface area (Å²) in [7, 11) is 0. The zero-order valence-electron chi connectivity index (χ0n) is 9.13. The average Bonchev–Trinajstić information content (AvgIpc) is 2.22. The first kappa shape index (κ1) is 14.5. The van der Waals surface area contributed by atoms with E-state index in [2.05, 4.69) is 0 Å². The minimum atomic E-state index is -1.63. The fraction of sp³-hybridized carbons (Fsp3) is 0.900. The molecule has 4 N–H and O–H groups in total. The molecule has 0 aliphatic carbocycles. The van der Waals surface area contributed by atoms with Crippen LogP contribution in [0.4, 0.5) is 0 Å². The van der Waals surface area contributed by atoms with E-state index in [1.165, 1.54) is 6.92 Å². The number of ketones is 1. The van der Waals surface area contributed by atoms with Gasteiger partial charge in [-0.05, 0) is 13.3 Å². The third kappa shape index (κ3) is 4.70. The van der Waals surface area contributed by atoms with Crippen LogP contribution < -0.4 is 0 Å². The molecule has 0 heterocycles. The van der Waals surface area contributed by atoms with Crippen molar-refractivity contribution in [1.29, 1.82) is 0 Å². The van der Waals surface area contributed by atoms with Gasteiger partial charge in [-0.15, -0.1) is 0 Å². The number of carbonyl (C=O) groups is 1. The Labute approximate surface area is 89.4 Å². The SMILES string of the molecule is CCCCC(=O)[C@H](O)[C@H](O)[C@@H](O)[C@H](C)O. The van der Waals surface area contributed by atoms with Gasteiger partial charge >= 0.3 is 0 Å². The average molecular weight is 220 g/mol. The van der Waals surface area contributed by atoms with Gasteiger partial charge in [0.25, 0.3) is 0 Å². The van der Waals surface area contributed by atoms with Gasteiger partial charge in [0.2, 0.25) is 0 Å². The molecule has 0 aromatic rings. The molecule has 0 bridgehead atoms. The van der Waals surface area contributed by atoms with E-state index in [0.717, 1.165) is 6.42 Å². The summed E-state index contributed by atoms with van der Waals surface area (Å²) in [5.74, 6) is -0.510. The van der Waals surface area contributed by atoms with Crippen molar-refractivity contribution in [3.05, 3.63) is 0 Å². The van der Waals surface area contributed by atoms with Crippen molar-refractivity contribution in [2.75, 3.05) is 0 Å². The Hall–Kier alpha value is -0.490. The van der Waals surface area contributed by atoms with E-state index < -0.39 is 30.2 Å². The molecule has 0 fully saturated rings. The molecule has 0 saturated heterocycles. The van der Waals surface area contributed by atoms with Crippen molar-refractivity contribution in [1.82, 2.24) is 0 Å². The lowest BCUT2D eigenvalue weighted by Gasteiger charge is -2.23. The Kier molecular flexibility index (Phi) is 6.67. The molecule has 4 atom stereocenters. The number of carbonyl (C=O) groups excluding carboxylic acids is 1. The van der Waals surface area contributed by atoms with Crippen molar-refractivity contribution in [2.24, 2.45) is 0 Å². The molecule has 0 aromatic carbocycles. The minimum absolute atomic E-state index is 0.168. The molecule has 5 heteroatoms. The van der Waals surface area contributed by atoms with Crippen LogP contribution in [0.3, 0.4) is 0 Å². The van der Waals surface area contributed by atoms with E-state index in [9.17, 15) is 20.1 Å². The largest absolute Gasteiger partial charge is 0.391 e. The zero-order chi connectivity index (χ0) is 12.0. The number of aliphatic hydroxyl groups is 4. The summed E-state index contributed by atoms with van der Waals surface area (Å²) in [6.45, 7) is 3.18. The van der Waals surface area contributed by atoms with Crippen molar-refractivity contribution in [3.63, 3.8) is 0 Å². The van der Waals surface area contributed by atoms with Gasteiger partial charge in [0.05, 0.1) is 6.10 Å². The van der Waals surface area contributed by atoms with Gasteiger partial charge in [-0.2, -0.15) is 0 Å². The molecule has 0 aromatic heterocycles. The van der Waals surface area contributed by atoms with Gasteiger partial charge in [0.15, 0.2) is 5.78 Å². The van der Waals surface area contributed by atoms with Gasteiger partial charge in [0, 0.05) is 6.42 Å². The van der Waals surface area contributed by atoms with Crippen LogP contribution in [-0.2, 0) is 4.79 Å². The van der Waals surface area contributed by atoms with Gasteiger partial charge in [-0.25, -0.2) is 0 Å². The molecule has 0 radical (unpaired) electrons. The summed E-state index contributed by atoms with van der Waals surface area (Å²) in [5.41, 5.74) is 0. The molecule has 90 valence electrons. The van der Waals surface area contributed by atoms with E-state index >= 15 is 0 Å². The predicted octanol–water partition coefficient (Wildman–Crippen LogP) is -0.791. The summed E-state index contributed by atoms with van der Waals surface area (Å²) >= 11 is 0. The maximum Gasteiger partial charge on any atom is 0.164 e. The van der Waals surface area contributed by atoms with Crippen molar-refractivity contribution >= 4 is 5.78 Å². The summed E-state index contributed by atoms with van der Waals surface area (Å²) in [4.78, 5) is 11.3. The highest BCUT2D eigenvalue weighted by Gasteiger charge is 2.31. The maximum absolute atomic E-state index is 11.3. The summed E-state index contributed by atoms with van der Waals surface area (Å²) in [5, 5.41) is 36.9. The molecule has 0 aliphatic rings. The lowest BCUT2D eigenvalue weighted by atomic mass is 9.98. The van der Waals surface area contributed by atoms with E-state index in [4.69, 9.17) is 5.11 Å². The first-order chi connectivity index (χ1) is 6.91. The smallest absolute Gasteiger partial charge is 0.164 e. The quantitative estimate of drug-likeness (QED) is 0.451. The van der Waals surface area contributed by atoms with Gasteiger partial charge in [0.1, 0.15) is 18.3 Å². The molecule has 0 unspecified atom stereocenters. The molecule has 0 saturated carbocycles. The summed E-state index contributed by atoms with van der Waals surface area (Å²) in [6.07, 6.45) is -4.34. The van der Waals surface area contributed by atoms with E-state index in [-0.39, 0.29) is 6.42 Å². The van der Waals surface area contributed by atoms with Crippen LogP contribution in [0.1, 0.15) is 33.1 Å². The fourth-order valence-corrected chi connectivity index (χ4v) is 1.16. The molecular weight excluding hydrogens is 200 g/mol. The van der Waals surface area contributed by atoms with Gasteiger partial charge < -0.3 is 20.4 Å². The molecule has 0 rings (SSSR count). The molecule has 0 amide bonds. The van der Waals surface area contributed by atoms with Crippen LogP contribution in [0.15, 0.2) is 0 Å². The van der Waals surface area contributed by atoms with Crippen molar-refractivity contribution in [2.45, 2.75) is 57.5 Å². The zero-order valence-corrected chi connectivity index (χ0v) is 9.13. The van der Waals surface area contributed by atoms with Crippen LogP contribution in [0.2, 0.25) is 0 Å². The lowest BCUT2D eigenvalue weighted by Crippen LogP contribution is -2.46. The number of unbranched alkanes of at least 4 members (excludes halogenated alkanes) is 1. The van der Waals surface area contributed by atoms with Gasteiger partial charge in [-0.1, -0.05) is 13.3 Å². The summed E-state index contributed by atoms with van der Waals surface area (Å²) < 4.78 is 0. The van der Waals surface area contributed by atoms with Crippen LogP contribution in [0.25, 0.3) is 0 Å². The third-order valence-corrected chi connectivity index (χ3v) is 2.27. The number of aliphatic hydroxyl groups excluding tert-OH is 4. The number of rotatable bonds is 7. The predicted molar refractivity (Wildman–Crippen MR) is 54.2 cm³/mol.